The van der Waals surface area contributed by atoms with E-state index in [1.165, 1.54) is 0 Å². The van der Waals surface area contributed by atoms with E-state index in [2.05, 4.69) is 15.6 Å². The zero-order valence-corrected chi connectivity index (χ0v) is 8.78. The number of likely N-dealkylation sites (N-methyl/N-ethyl adjacent to an activating group) is 1. The molecule has 2 rings (SSSR count). The number of hydrogen-bond donors (Lipinski definition) is 3. The maximum Gasteiger partial charge on any atom is 0.296 e. The largest absolute Gasteiger partial charge is 0.423 e. The van der Waals surface area contributed by atoms with Crippen molar-refractivity contribution in [3.63, 3.8) is 0 Å². The van der Waals surface area contributed by atoms with E-state index >= 15 is 0 Å². The van der Waals surface area contributed by atoms with E-state index in [1.807, 2.05) is 0 Å². The summed E-state index contributed by atoms with van der Waals surface area (Å²) in [5.74, 6) is -0.143. The second-order valence-electron chi connectivity index (χ2n) is 3.24. The standard InChI is InChI=1S/C10H12N4O2/c1-12-8(15)5-13-10-14-9-6(11)3-2-4-7(9)16-10/h2-4H,5,11H2,1H3,(H,12,15)(H,13,14). The first-order valence-corrected chi connectivity index (χ1v) is 4.80. The molecule has 1 amide bonds. The molecule has 84 valence electrons. The number of aromatic nitrogens is 1. The summed E-state index contributed by atoms with van der Waals surface area (Å²) in [6.07, 6.45) is 0. The Bertz CT molecular complexity index is 521. The molecule has 2 aromatic rings. The van der Waals surface area contributed by atoms with E-state index in [0.29, 0.717) is 16.8 Å². The van der Waals surface area contributed by atoms with Gasteiger partial charge in [0, 0.05) is 7.05 Å². The summed E-state index contributed by atoms with van der Waals surface area (Å²) in [5, 5.41) is 5.25. The van der Waals surface area contributed by atoms with E-state index in [4.69, 9.17) is 10.2 Å². The van der Waals surface area contributed by atoms with Crippen LogP contribution in [0.4, 0.5) is 11.7 Å². The monoisotopic (exact) mass is 220 g/mol. The van der Waals surface area contributed by atoms with Crippen molar-refractivity contribution in [2.24, 2.45) is 0 Å². The summed E-state index contributed by atoms with van der Waals surface area (Å²) in [7, 11) is 1.56. The fraction of sp³-hybridized carbons (Fsp3) is 0.200. The zero-order valence-electron chi connectivity index (χ0n) is 8.78. The molecular weight excluding hydrogens is 208 g/mol. The number of carbonyl (C=O) groups excluding carboxylic acids is 1. The summed E-state index contributed by atoms with van der Waals surface area (Å²) in [5.41, 5.74) is 7.47. The molecule has 4 N–H and O–H groups in total. The van der Waals surface area contributed by atoms with Gasteiger partial charge >= 0.3 is 0 Å². The molecule has 0 radical (unpaired) electrons. The molecule has 1 heterocycles. The highest BCUT2D eigenvalue weighted by molar-refractivity contribution is 5.87. The maximum absolute atomic E-state index is 11.0. The van der Waals surface area contributed by atoms with Crippen LogP contribution >= 0.6 is 0 Å². The number of oxazole rings is 1. The Hall–Kier alpha value is -2.24. The lowest BCUT2D eigenvalue weighted by Gasteiger charge is -1.98. The van der Waals surface area contributed by atoms with Gasteiger partial charge in [-0.1, -0.05) is 6.07 Å². The van der Waals surface area contributed by atoms with Gasteiger partial charge in [-0.2, -0.15) is 4.98 Å². The summed E-state index contributed by atoms with van der Waals surface area (Å²) < 4.78 is 5.36. The van der Waals surface area contributed by atoms with Gasteiger partial charge < -0.3 is 20.8 Å². The van der Waals surface area contributed by atoms with Gasteiger partial charge in [-0.15, -0.1) is 0 Å². The molecule has 1 aromatic carbocycles. The second kappa shape index (κ2) is 4.09. The molecule has 0 saturated heterocycles. The van der Waals surface area contributed by atoms with Gasteiger partial charge in [-0.25, -0.2) is 0 Å². The number of anilines is 2. The Morgan fingerprint density at radius 3 is 3.06 bits per heavy atom. The van der Waals surface area contributed by atoms with Crippen molar-refractivity contribution < 1.29 is 9.21 Å². The lowest BCUT2D eigenvalue weighted by molar-refractivity contribution is -0.118. The molecule has 16 heavy (non-hydrogen) atoms. The lowest BCUT2D eigenvalue weighted by atomic mass is 10.3. The highest BCUT2D eigenvalue weighted by Gasteiger charge is 2.08. The second-order valence-corrected chi connectivity index (χ2v) is 3.24. The first-order chi connectivity index (χ1) is 7.70. The highest BCUT2D eigenvalue weighted by atomic mass is 16.4. The number of amides is 1. The third kappa shape index (κ3) is 1.90. The minimum atomic E-state index is -0.143. The molecule has 0 fully saturated rings. The number of nitrogens with zero attached hydrogens (tertiary/aromatic N) is 1. The van der Waals surface area contributed by atoms with Gasteiger partial charge in [0.15, 0.2) is 5.58 Å². The average Bonchev–Trinajstić information content (AvgIpc) is 2.70. The molecule has 1 aromatic heterocycles. The quantitative estimate of drug-likeness (QED) is 0.657. The Kier molecular flexibility index (Phi) is 2.63. The van der Waals surface area contributed by atoms with Crippen LogP contribution in [0.2, 0.25) is 0 Å². The summed E-state index contributed by atoms with van der Waals surface area (Å²) in [6, 6.07) is 5.58. The topological polar surface area (TPSA) is 93.2 Å². The third-order valence-corrected chi connectivity index (χ3v) is 2.13. The van der Waals surface area contributed by atoms with E-state index in [9.17, 15) is 4.79 Å². The van der Waals surface area contributed by atoms with Crippen LogP contribution in [0.5, 0.6) is 0 Å². The van der Waals surface area contributed by atoms with E-state index in [-0.39, 0.29) is 18.5 Å². The predicted octanol–water partition coefficient (Wildman–Crippen LogP) is 0.568. The number of nitrogens with one attached hydrogen (secondary N) is 2. The fourth-order valence-corrected chi connectivity index (χ4v) is 1.29. The molecule has 0 spiro atoms. The fourth-order valence-electron chi connectivity index (χ4n) is 1.29. The average molecular weight is 220 g/mol. The minimum absolute atomic E-state index is 0.114. The molecule has 0 aliphatic heterocycles. The van der Waals surface area contributed by atoms with Crippen LogP contribution in [0.1, 0.15) is 0 Å². The van der Waals surface area contributed by atoms with Crippen LogP contribution in [-0.4, -0.2) is 24.5 Å². The van der Waals surface area contributed by atoms with Crippen molar-refractivity contribution in [1.29, 1.82) is 0 Å². The minimum Gasteiger partial charge on any atom is -0.423 e. The Labute approximate surface area is 91.8 Å². The van der Waals surface area contributed by atoms with Crippen LogP contribution in [0, 0.1) is 0 Å². The number of rotatable bonds is 3. The van der Waals surface area contributed by atoms with Crippen molar-refractivity contribution in [2.75, 3.05) is 24.6 Å². The number of nitrogen functional groups attached to an aromatic ring is 1. The van der Waals surface area contributed by atoms with Crippen LogP contribution < -0.4 is 16.4 Å². The van der Waals surface area contributed by atoms with Crippen LogP contribution in [0.25, 0.3) is 11.1 Å². The SMILES string of the molecule is CNC(=O)CNc1nc2c(N)cccc2o1. The van der Waals surface area contributed by atoms with Gasteiger partial charge in [-0.05, 0) is 12.1 Å². The third-order valence-electron chi connectivity index (χ3n) is 2.13. The summed E-state index contributed by atoms with van der Waals surface area (Å²) in [6.45, 7) is 0.114. The molecule has 6 nitrogen and oxygen atoms in total. The Balaban J connectivity index is 2.20. The molecule has 0 aliphatic rings. The molecule has 0 unspecified atom stereocenters. The number of benzene rings is 1. The van der Waals surface area contributed by atoms with Gasteiger partial charge in [-0.3, -0.25) is 4.79 Å². The number of carbonyl (C=O) groups is 1. The molecule has 0 aliphatic carbocycles. The van der Waals surface area contributed by atoms with E-state index < -0.39 is 0 Å². The number of fused-ring (bicyclic) bond motifs is 1. The highest BCUT2D eigenvalue weighted by Crippen LogP contribution is 2.23. The maximum atomic E-state index is 11.0. The smallest absolute Gasteiger partial charge is 0.296 e. The molecule has 0 bridgehead atoms. The van der Waals surface area contributed by atoms with Crippen molar-refractivity contribution in [1.82, 2.24) is 10.3 Å². The van der Waals surface area contributed by atoms with Gasteiger partial charge in [0.05, 0.1) is 12.2 Å². The molecule has 6 heteroatoms. The van der Waals surface area contributed by atoms with Crippen LogP contribution in [-0.2, 0) is 4.79 Å². The van der Waals surface area contributed by atoms with Crippen LogP contribution in [0.15, 0.2) is 22.6 Å². The first kappa shape index (κ1) is 10.3. The Morgan fingerprint density at radius 2 is 2.38 bits per heavy atom. The zero-order chi connectivity index (χ0) is 11.5. The van der Waals surface area contributed by atoms with Crippen molar-refractivity contribution in [2.45, 2.75) is 0 Å². The van der Waals surface area contributed by atoms with Gasteiger partial charge in [0.1, 0.15) is 5.52 Å². The number of para-hydroxylation sites is 1. The first-order valence-electron chi connectivity index (χ1n) is 4.80. The number of hydrogen-bond acceptors (Lipinski definition) is 5. The normalized spacial score (nSPS) is 10.3. The van der Waals surface area contributed by atoms with Gasteiger partial charge in [0.25, 0.3) is 6.01 Å². The number of nitrogens with two attached hydrogens (primary N) is 1. The lowest BCUT2D eigenvalue weighted by Crippen LogP contribution is -2.26. The van der Waals surface area contributed by atoms with Crippen LogP contribution in [0.3, 0.4) is 0 Å². The summed E-state index contributed by atoms with van der Waals surface area (Å²) in [4.78, 5) is 15.1. The van der Waals surface area contributed by atoms with Crippen molar-refractivity contribution in [3.05, 3.63) is 18.2 Å². The Morgan fingerprint density at radius 1 is 1.56 bits per heavy atom. The summed E-state index contributed by atoms with van der Waals surface area (Å²) >= 11 is 0. The van der Waals surface area contributed by atoms with E-state index in [1.54, 1.807) is 25.2 Å². The van der Waals surface area contributed by atoms with Crippen molar-refractivity contribution >= 4 is 28.7 Å². The van der Waals surface area contributed by atoms with Crippen molar-refractivity contribution in [3.8, 4) is 0 Å². The molecule has 0 saturated carbocycles. The predicted molar refractivity (Wildman–Crippen MR) is 61.0 cm³/mol. The van der Waals surface area contributed by atoms with E-state index in [0.717, 1.165) is 0 Å². The van der Waals surface area contributed by atoms with Gasteiger partial charge in [0.2, 0.25) is 5.91 Å². The molecule has 0 atom stereocenters. The molecular formula is C10H12N4O2.